The van der Waals surface area contributed by atoms with Crippen LogP contribution < -0.4 is 0 Å². The SMILES string of the molecule is CCCCC(OCC1CO1)[Si](OCC)(OCC)OCC. The van der Waals surface area contributed by atoms with Gasteiger partial charge in [0, 0.05) is 19.8 Å². The first-order valence-electron chi connectivity index (χ1n) is 7.87. The number of ether oxygens (including phenoxy) is 2. The number of hydrogen-bond acceptors (Lipinski definition) is 5. The lowest BCUT2D eigenvalue weighted by Crippen LogP contribution is -2.58. The van der Waals surface area contributed by atoms with E-state index in [0.29, 0.717) is 26.4 Å². The minimum absolute atomic E-state index is 0.0912. The molecule has 0 aromatic carbocycles. The third kappa shape index (κ3) is 5.79. The minimum atomic E-state index is -2.78. The number of unbranched alkanes of at least 4 members (excludes halogenated alkanes) is 1. The van der Waals surface area contributed by atoms with Gasteiger partial charge in [0.1, 0.15) is 11.8 Å². The highest BCUT2D eigenvalue weighted by atomic mass is 28.4. The molecule has 0 amide bonds. The van der Waals surface area contributed by atoms with Crippen molar-refractivity contribution in [3.05, 3.63) is 0 Å². The van der Waals surface area contributed by atoms with E-state index in [0.717, 1.165) is 25.9 Å². The van der Waals surface area contributed by atoms with E-state index in [4.69, 9.17) is 22.8 Å². The highest BCUT2D eigenvalue weighted by Crippen LogP contribution is 2.24. The van der Waals surface area contributed by atoms with E-state index in [1.165, 1.54) is 0 Å². The molecule has 0 aliphatic carbocycles. The third-order valence-electron chi connectivity index (χ3n) is 3.14. The number of epoxide rings is 1. The predicted molar refractivity (Wildman–Crippen MR) is 79.6 cm³/mol. The first-order valence-corrected chi connectivity index (χ1v) is 9.67. The van der Waals surface area contributed by atoms with Crippen LogP contribution in [0.25, 0.3) is 0 Å². The summed E-state index contributed by atoms with van der Waals surface area (Å²) >= 11 is 0. The summed E-state index contributed by atoms with van der Waals surface area (Å²) in [4.78, 5) is 0. The molecule has 2 atom stereocenters. The molecule has 5 nitrogen and oxygen atoms in total. The molecule has 1 saturated heterocycles. The highest BCUT2D eigenvalue weighted by Gasteiger charge is 2.50. The molecule has 6 heteroatoms. The van der Waals surface area contributed by atoms with Gasteiger partial charge >= 0.3 is 8.80 Å². The van der Waals surface area contributed by atoms with Gasteiger partial charge in [0.05, 0.1) is 13.2 Å². The zero-order valence-electron chi connectivity index (χ0n) is 13.4. The molecule has 0 N–H and O–H groups in total. The van der Waals surface area contributed by atoms with Crippen molar-refractivity contribution in [3.8, 4) is 0 Å². The van der Waals surface area contributed by atoms with Gasteiger partial charge in [-0.05, 0) is 27.2 Å². The molecule has 0 aromatic heterocycles. The van der Waals surface area contributed by atoms with E-state index in [1.807, 2.05) is 20.8 Å². The largest absolute Gasteiger partial charge is 0.531 e. The Kier molecular flexibility index (Phi) is 8.91. The van der Waals surface area contributed by atoms with Gasteiger partial charge in [-0.1, -0.05) is 19.8 Å². The van der Waals surface area contributed by atoms with E-state index >= 15 is 0 Å². The van der Waals surface area contributed by atoms with Gasteiger partial charge < -0.3 is 22.8 Å². The van der Waals surface area contributed by atoms with Gasteiger partial charge in [0.15, 0.2) is 0 Å². The Bertz CT molecular complexity index is 231. The zero-order chi connectivity index (χ0) is 14.8. The number of rotatable bonds is 13. The Morgan fingerprint density at radius 1 is 1.05 bits per heavy atom. The van der Waals surface area contributed by atoms with Crippen LogP contribution in [0.1, 0.15) is 47.0 Å². The van der Waals surface area contributed by atoms with Crippen molar-refractivity contribution in [2.75, 3.05) is 33.0 Å². The van der Waals surface area contributed by atoms with Crippen LogP contribution in [0.15, 0.2) is 0 Å². The molecule has 1 aliphatic rings. The van der Waals surface area contributed by atoms with E-state index in [2.05, 4.69) is 6.92 Å². The van der Waals surface area contributed by atoms with Crippen molar-refractivity contribution in [3.63, 3.8) is 0 Å². The first-order chi connectivity index (χ1) is 9.72. The Balaban J connectivity index is 2.72. The second kappa shape index (κ2) is 9.86. The van der Waals surface area contributed by atoms with E-state index in [-0.39, 0.29) is 11.8 Å². The maximum absolute atomic E-state index is 6.05. The quantitative estimate of drug-likeness (QED) is 0.386. The summed E-state index contributed by atoms with van der Waals surface area (Å²) in [5, 5.41) is 0. The van der Waals surface area contributed by atoms with Crippen molar-refractivity contribution in [1.82, 2.24) is 0 Å². The average molecular weight is 306 g/mol. The fourth-order valence-corrected chi connectivity index (χ4v) is 5.02. The lowest BCUT2D eigenvalue weighted by Gasteiger charge is -2.35. The van der Waals surface area contributed by atoms with Gasteiger partial charge in [-0.15, -0.1) is 0 Å². The van der Waals surface area contributed by atoms with Crippen molar-refractivity contribution < 1.29 is 22.8 Å². The van der Waals surface area contributed by atoms with Crippen LogP contribution in [0.2, 0.25) is 0 Å². The molecule has 1 heterocycles. The van der Waals surface area contributed by atoms with Crippen LogP contribution in [0.4, 0.5) is 0 Å². The summed E-state index contributed by atoms with van der Waals surface area (Å²) in [5.41, 5.74) is -0.0912. The molecular formula is C14H30O5Si. The van der Waals surface area contributed by atoms with Crippen LogP contribution in [0, 0.1) is 0 Å². The predicted octanol–water partition coefficient (Wildman–Crippen LogP) is 2.55. The van der Waals surface area contributed by atoms with Gasteiger partial charge in [-0.2, -0.15) is 0 Å². The monoisotopic (exact) mass is 306 g/mol. The minimum Gasteiger partial charge on any atom is -0.372 e. The summed E-state index contributed by atoms with van der Waals surface area (Å²) in [6.45, 7) is 11.2. The molecule has 0 spiro atoms. The molecule has 1 aliphatic heterocycles. The van der Waals surface area contributed by atoms with Crippen LogP contribution in [0.5, 0.6) is 0 Å². The second-order valence-corrected chi connectivity index (χ2v) is 7.54. The fourth-order valence-electron chi connectivity index (χ4n) is 2.15. The third-order valence-corrected chi connectivity index (χ3v) is 6.45. The maximum atomic E-state index is 6.05. The lowest BCUT2D eigenvalue weighted by molar-refractivity contribution is -0.0170. The topological polar surface area (TPSA) is 49.5 Å². The van der Waals surface area contributed by atoms with Gasteiger partial charge in [-0.3, -0.25) is 0 Å². The number of hydrogen-bond donors (Lipinski definition) is 0. The molecule has 20 heavy (non-hydrogen) atoms. The summed E-state index contributed by atoms with van der Waals surface area (Å²) in [7, 11) is -2.78. The Hall–Kier alpha value is 0.0169. The molecule has 0 aromatic rings. The molecule has 0 saturated carbocycles. The molecule has 120 valence electrons. The second-order valence-electron chi connectivity index (χ2n) is 4.82. The van der Waals surface area contributed by atoms with Crippen LogP contribution in [-0.2, 0) is 22.8 Å². The smallest absolute Gasteiger partial charge is 0.372 e. The molecule has 2 unspecified atom stereocenters. The fraction of sp³-hybridized carbons (Fsp3) is 1.00. The van der Waals surface area contributed by atoms with E-state index in [9.17, 15) is 0 Å². The Morgan fingerprint density at radius 3 is 2.00 bits per heavy atom. The van der Waals surface area contributed by atoms with Crippen molar-refractivity contribution in [1.29, 1.82) is 0 Å². The summed E-state index contributed by atoms with van der Waals surface area (Å²) in [5.74, 6) is 0. The van der Waals surface area contributed by atoms with Crippen molar-refractivity contribution >= 4 is 8.80 Å². The summed E-state index contributed by atoms with van der Waals surface area (Å²) in [6.07, 6.45) is 3.36. The summed E-state index contributed by atoms with van der Waals surface area (Å²) in [6, 6.07) is 0. The molecule has 1 fully saturated rings. The molecule has 0 bridgehead atoms. The van der Waals surface area contributed by atoms with Crippen molar-refractivity contribution in [2.24, 2.45) is 0 Å². The first kappa shape index (κ1) is 18.1. The van der Waals surface area contributed by atoms with Crippen LogP contribution >= 0.6 is 0 Å². The van der Waals surface area contributed by atoms with Gasteiger partial charge in [-0.25, -0.2) is 0 Å². The lowest BCUT2D eigenvalue weighted by atomic mass is 10.3. The normalized spacial score (nSPS) is 20.1. The molecular weight excluding hydrogens is 276 g/mol. The zero-order valence-corrected chi connectivity index (χ0v) is 14.4. The average Bonchev–Trinajstić information content (AvgIpc) is 3.23. The van der Waals surface area contributed by atoms with Crippen LogP contribution in [0.3, 0.4) is 0 Å². The Labute approximate surface area is 124 Å². The summed E-state index contributed by atoms with van der Waals surface area (Å²) < 4.78 is 29.1. The van der Waals surface area contributed by atoms with Crippen molar-refractivity contribution in [2.45, 2.75) is 58.8 Å². The van der Waals surface area contributed by atoms with E-state index in [1.54, 1.807) is 0 Å². The van der Waals surface area contributed by atoms with Gasteiger partial charge in [0.2, 0.25) is 0 Å². The van der Waals surface area contributed by atoms with E-state index < -0.39 is 8.80 Å². The Morgan fingerprint density at radius 2 is 1.60 bits per heavy atom. The van der Waals surface area contributed by atoms with Gasteiger partial charge in [0.25, 0.3) is 0 Å². The van der Waals surface area contributed by atoms with Crippen LogP contribution in [-0.4, -0.2) is 53.7 Å². The molecule has 0 radical (unpaired) electrons. The highest BCUT2D eigenvalue weighted by molar-refractivity contribution is 6.62. The maximum Gasteiger partial charge on any atom is 0.531 e. The molecule has 1 rings (SSSR count). The standard InChI is InChI=1S/C14H30O5Si/c1-5-9-10-14(16-12-13-11-15-13)20(17-6-2,18-7-3)19-8-4/h13-14H,5-12H2,1-4H3.